The van der Waals surface area contributed by atoms with Gasteiger partial charge in [-0.05, 0) is 30.3 Å². The predicted octanol–water partition coefficient (Wildman–Crippen LogP) is 2.67. The van der Waals surface area contributed by atoms with Gasteiger partial charge in [0.2, 0.25) is 0 Å². The summed E-state index contributed by atoms with van der Waals surface area (Å²) in [5, 5.41) is 8.87. The summed E-state index contributed by atoms with van der Waals surface area (Å²) < 4.78 is 27.2. The van der Waals surface area contributed by atoms with E-state index in [0.29, 0.717) is 11.3 Å². The first-order valence-corrected chi connectivity index (χ1v) is 4.85. The molecule has 0 aliphatic heterocycles. The van der Waals surface area contributed by atoms with E-state index in [1.807, 2.05) is 0 Å². The number of halogens is 2. The monoisotopic (exact) mass is 237 g/mol. The molecule has 0 unspecified atom stereocenters. The molecule has 3 nitrogen and oxygen atoms in total. The zero-order valence-electron chi connectivity index (χ0n) is 8.95. The van der Waals surface area contributed by atoms with E-state index in [-0.39, 0.29) is 5.69 Å². The summed E-state index contributed by atoms with van der Waals surface area (Å²) in [5.74, 6) is -2.96. The van der Waals surface area contributed by atoms with E-state index in [4.69, 9.17) is 5.11 Å². The van der Waals surface area contributed by atoms with E-state index < -0.39 is 17.6 Å². The molecule has 0 amide bonds. The van der Waals surface area contributed by atoms with E-state index in [9.17, 15) is 13.6 Å². The third-order valence-electron chi connectivity index (χ3n) is 2.56. The van der Waals surface area contributed by atoms with Crippen molar-refractivity contribution in [1.29, 1.82) is 0 Å². The number of carboxylic acid groups (broad SMARTS) is 1. The van der Waals surface area contributed by atoms with E-state index in [0.717, 1.165) is 12.1 Å². The van der Waals surface area contributed by atoms with Crippen LogP contribution in [-0.2, 0) is 7.05 Å². The van der Waals surface area contributed by atoms with Crippen LogP contribution >= 0.6 is 0 Å². The van der Waals surface area contributed by atoms with Crippen LogP contribution in [0.15, 0.2) is 30.3 Å². The van der Waals surface area contributed by atoms with Gasteiger partial charge in [-0.2, -0.15) is 0 Å². The van der Waals surface area contributed by atoms with Gasteiger partial charge in [0.25, 0.3) is 0 Å². The lowest BCUT2D eigenvalue weighted by atomic mass is 10.1. The lowest BCUT2D eigenvalue weighted by Gasteiger charge is -2.05. The third kappa shape index (κ3) is 1.91. The minimum Gasteiger partial charge on any atom is -0.477 e. The topological polar surface area (TPSA) is 42.2 Å². The molecule has 88 valence electrons. The van der Waals surface area contributed by atoms with Crippen molar-refractivity contribution in [2.45, 2.75) is 0 Å². The van der Waals surface area contributed by atoms with Crippen LogP contribution in [0.5, 0.6) is 0 Å². The SMILES string of the molecule is Cn1c(C(=O)O)ccc1-c1ccc(F)c(F)c1. The molecular formula is C12H9F2NO2. The van der Waals surface area contributed by atoms with E-state index in [2.05, 4.69) is 0 Å². The number of carboxylic acids is 1. The fraction of sp³-hybridized carbons (Fsp3) is 0.0833. The molecular weight excluding hydrogens is 228 g/mol. The quantitative estimate of drug-likeness (QED) is 0.872. The number of nitrogens with zero attached hydrogens (tertiary/aromatic N) is 1. The van der Waals surface area contributed by atoms with Crippen LogP contribution < -0.4 is 0 Å². The summed E-state index contributed by atoms with van der Waals surface area (Å²) in [6, 6.07) is 6.42. The molecule has 0 spiro atoms. The van der Waals surface area contributed by atoms with Gasteiger partial charge in [0, 0.05) is 18.3 Å². The Kier molecular flexibility index (Phi) is 2.67. The normalized spacial score (nSPS) is 10.5. The molecule has 1 aromatic carbocycles. The predicted molar refractivity (Wildman–Crippen MR) is 57.7 cm³/mol. The van der Waals surface area contributed by atoms with Gasteiger partial charge >= 0.3 is 5.97 Å². The molecule has 0 radical (unpaired) electrons. The van der Waals surface area contributed by atoms with Gasteiger partial charge in [-0.3, -0.25) is 0 Å². The second kappa shape index (κ2) is 4.01. The largest absolute Gasteiger partial charge is 0.477 e. The van der Waals surface area contributed by atoms with Gasteiger partial charge in [0.15, 0.2) is 11.6 Å². The fourth-order valence-electron chi connectivity index (χ4n) is 1.67. The number of hydrogen-bond acceptors (Lipinski definition) is 1. The molecule has 0 aliphatic rings. The molecule has 1 heterocycles. The summed E-state index contributed by atoms with van der Waals surface area (Å²) in [5.41, 5.74) is 1.03. The van der Waals surface area contributed by atoms with Crippen molar-refractivity contribution in [1.82, 2.24) is 4.57 Å². The van der Waals surface area contributed by atoms with Gasteiger partial charge < -0.3 is 9.67 Å². The summed E-state index contributed by atoms with van der Waals surface area (Å²) in [6.07, 6.45) is 0. The maximum Gasteiger partial charge on any atom is 0.352 e. The average molecular weight is 237 g/mol. The molecule has 0 atom stereocenters. The molecule has 1 aromatic heterocycles. The summed E-state index contributed by atoms with van der Waals surface area (Å²) >= 11 is 0. The highest BCUT2D eigenvalue weighted by molar-refractivity contribution is 5.87. The van der Waals surface area contributed by atoms with Crippen LogP contribution in [0.25, 0.3) is 11.3 Å². The first-order valence-electron chi connectivity index (χ1n) is 4.85. The van der Waals surface area contributed by atoms with Gasteiger partial charge in [-0.15, -0.1) is 0 Å². The highest BCUT2D eigenvalue weighted by Crippen LogP contribution is 2.23. The molecule has 0 fully saturated rings. The fourth-order valence-corrected chi connectivity index (χ4v) is 1.67. The number of rotatable bonds is 2. The van der Waals surface area contributed by atoms with Crippen LogP contribution in [0.2, 0.25) is 0 Å². The number of hydrogen-bond donors (Lipinski definition) is 1. The van der Waals surface area contributed by atoms with Crippen LogP contribution in [0, 0.1) is 11.6 Å². The lowest BCUT2D eigenvalue weighted by Crippen LogP contribution is -2.05. The lowest BCUT2D eigenvalue weighted by molar-refractivity contribution is 0.0687. The van der Waals surface area contributed by atoms with Crippen LogP contribution in [0.3, 0.4) is 0 Å². The Labute approximate surface area is 95.9 Å². The Morgan fingerprint density at radius 3 is 2.41 bits per heavy atom. The van der Waals surface area contributed by atoms with Crippen LogP contribution in [-0.4, -0.2) is 15.6 Å². The second-order valence-electron chi connectivity index (χ2n) is 3.60. The van der Waals surface area contributed by atoms with E-state index in [1.165, 1.54) is 16.7 Å². The zero-order valence-corrected chi connectivity index (χ0v) is 8.95. The first-order chi connectivity index (χ1) is 8.00. The molecule has 2 aromatic rings. The zero-order chi connectivity index (χ0) is 12.6. The van der Waals surface area contributed by atoms with Crippen molar-refractivity contribution in [3.63, 3.8) is 0 Å². The second-order valence-corrected chi connectivity index (χ2v) is 3.60. The van der Waals surface area contributed by atoms with E-state index >= 15 is 0 Å². The van der Waals surface area contributed by atoms with Crippen molar-refractivity contribution in [3.8, 4) is 11.3 Å². The minimum atomic E-state index is -1.07. The van der Waals surface area contributed by atoms with Gasteiger partial charge in [-0.1, -0.05) is 0 Å². The Hall–Kier alpha value is -2.17. The molecule has 0 saturated heterocycles. The van der Waals surface area contributed by atoms with Crippen molar-refractivity contribution in [2.75, 3.05) is 0 Å². The van der Waals surface area contributed by atoms with E-state index in [1.54, 1.807) is 13.1 Å². The number of carbonyl (C=O) groups is 1. The first kappa shape index (κ1) is 11.3. The summed E-state index contributed by atoms with van der Waals surface area (Å²) in [4.78, 5) is 10.8. The van der Waals surface area contributed by atoms with Gasteiger partial charge in [0.05, 0.1) is 0 Å². The van der Waals surface area contributed by atoms with Crippen molar-refractivity contribution in [2.24, 2.45) is 7.05 Å². The molecule has 2 rings (SSSR count). The maximum atomic E-state index is 13.1. The Morgan fingerprint density at radius 2 is 1.88 bits per heavy atom. The number of benzene rings is 1. The van der Waals surface area contributed by atoms with Crippen LogP contribution in [0.4, 0.5) is 8.78 Å². The highest BCUT2D eigenvalue weighted by Gasteiger charge is 2.13. The third-order valence-corrected chi connectivity index (χ3v) is 2.56. The van der Waals surface area contributed by atoms with Gasteiger partial charge in [-0.25, -0.2) is 13.6 Å². The van der Waals surface area contributed by atoms with Crippen molar-refractivity contribution < 1.29 is 18.7 Å². The molecule has 17 heavy (non-hydrogen) atoms. The Bertz CT molecular complexity index is 590. The Balaban J connectivity index is 2.53. The molecule has 5 heteroatoms. The smallest absolute Gasteiger partial charge is 0.352 e. The number of aromatic nitrogens is 1. The van der Waals surface area contributed by atoms with Crippen molar-refractivity contribution in [3.05, 3.63) is 47.7 Å². The van der Waals surface area contributed by atoms with Crippen LogP contribution in [0.1, 0.15) is 10.5 Å². The minimum absolute atomic E-state index is 0.0877. The molecule has 0 bridgehead atoms. The van der Waals surface area contributed by atoms with Crippen molar-refractivity contribution >= 4 is 5.97 Å². The highest BCUT2D eigenvalue weighted by atomic mass is 19.2. The summed E-state index contributed by atoms with van der Waals surface area (Å²) in [7, 11) is 1.56. The standard InChI is InChI=1S/C12H9F2NO2/c1-15-10(4-5-11(15)12(16)17)7-2-3-8(13)9(14)6-7/h2-6H,1H3,(H,16,17). The molecule has 0 aliphatic carbocycles. The summed E-state index contributed by atoms with van der Waals surface area (Å²) in [6.45, 7) is 0. The average Bonchev–Trinajstić information content (AvgIpc) is 2.64. The molecule has 1 N–H and O–H groups in total. The molecule has 0 saturated carbocycles. The van der Waals surface area contributed by atoms with Gasteiger partial charge in [0.1, 0.15) is 5.69 Å². The maximum absolute atomic E-state index is 13.1. The Morgan fingerprint density at radius 1 is 1.18 bits per heavy atom. The number of aromatic carboxylic acids is 1.